The van der Waals surface area contributed by atoms with Gasteiger partial charge in [-0.05, 0) is 36.8 Å². The number of anilines is 1. The van der Waals surface area contributed by atoms with Crippen LogP contribution in [0.2, 0.25) is 0 Å². The van der Waals surface area contributed by atoms with E-state index in [0.29, 0.717) is 12.4 Å². The molecule has 0 atom stereocenters. The van der Waals surface area contributed by atoms with E-state index in [9.17, 15) is 18.3 Å². The van der Waals surface area contributed by atoms with Gasteiger partial charge >= 0.3 is 6.36 Å². The number of aliphatic hydroxyl groups is 1. The quantitative estimate of drug-likeness (QED) is 0.839. The molecular formula is C15H21F3N2O2. The molecule has 4 nitrogen and oxygen atoms in total. The molecule has 1 aromatic heterocycles. The average Bonchev–Trinajstić information content (AvgIpc) is 2.46. The molecule has 2 N–H and O–H groups in total. The first-order chi connectivity index (χ1) is 10.4. The van der Waals surface area contributed by atoms with Gasteiger partial charge in [-0.2, -0.15) is 0 Å². The minimum atomic E-state index is -4.70. The highest BCUT2D eigenvalue weighted by atomic mass is 19.4. The van der Waals surface area contributed by atoms with Gasteiger partial charge in [-0.25, -0.2) is 4.98 Å². The van der Waals surface area contributed by atoms with E-state index in [1.807, 2.05) is 0 Å². The Kier molecular flexibility index (Phi) is 5.50. The first-order valence-electron chi connectivity index (χ1n) is 7.49. The molecular weight excluding hydrogens is 297 g/mol. The molecule has 0 spiro atoms. The maximum atomic E-state index is 12.1. The fraction of sp³-hybridized carbons (Fsp3) is 0.667. The zero-order valence-electron chi connectivity index (χ0n) is 12.3. The maximum absolute atomic E-state index is 12.1. The van der Waals surface area contributed by atoms with Crippen LogP contribution in [0.1, 0.15) is 38.5 Å². The second kappa shape index (κ2) is 7.17. The predicted molar refractivity (Wildman–Crippen MR) is 76.6 cm³/mol. The van der Waals surface area contributed by atoms with Crippen LogP contribution in [0.4, 0.5) is 19.0 Å². The minimum Gasteiger partial charge on any atom is -0.404 e. The summed E-state index contributed by atoms with van der Waals surface area (Å²) in [5.41, 5.74) is 0.0514. The third kappa shape index (κ3) is 5.05. The van der Waals surface area contributed by atoms with E-state index in [4.69, 9.17) is 0 Å². The van der Waals surface area contributed by atoms with Gasteiger partial charge in [0, 0.05) is 13.2 Å². The molecule has 0 aromatic carbocycles. The zero-order valence-corrected chi connectivity index (χ0v) is 12.3. The SMILES string of the molecule is OCCC1(CNc2ccc(OC(F)(F)F)cn2)CCCCC1. The van der Waals surface area contributed by atoms with Gasteiger partial charge in [0.15, 0.2) is 0 Å². The molecule has 0 aliphatic heterocycles. The third-order valence-corrected chi connectivity index (χ3v) is 4.17. The molecule has 1 heterocycles. The second-order valence-corrected chi connectivity index (χ2v) is 5.81. The maximum Gasteiger partial charge on any atom is 0.573 e. The summed E-state index contributed by atoms with van der Waals surface area (Å²) in [5.74, 6) is 0.179. The molecule has 0 radical (unpaired) electrons. The van der Waals surface area contributed by atoms with Gasteiger partial charge < -0.3 is 15.2 Å². The first-order valence-corrected chi connectivity index (χ1v) is 7.49. The number of nitrogens with one attached hydrogen (secondary N) is 1. The van der Waals surface area contributed by atoms with Gasteiger partial charge in [0.05, 0.1) is 6.20 Å². The largest absolute Gasteiger partial charge is 0.573 e. The highest BCUT2D eigenvalue weighted by Crippen LogP contribution is 2.39. The van der Waals surface area contributed by atoms with Crippen LogP contribution in [0.25, 0.3) is 0 Å². The molecule has 1 fully saturated rings. The van der Waals surface area contributed by atoms with E-state index in [-0.39, 0.29) is 17.8 Å². The number of halogens is 3. The Bertz CT molecular complexity index is 451. The van der Waals surface area contributed by atoms with Crippen LogP contribution >= 0.6 is 0 Å². The number of alkyl halides is 3. The Morgan fingerprint density at radius 1 is 1.23 bits per heavy atom. The lowest BCUT2D eigenvalue weighted by Crippen LogP contribution is -2.33. The number of pyridine rings is 1. The van der Waals surface area contributed by atoms with Gasteiger partial charge in [0.25, 0.3) is 0 Å². The number of aromatic nitrogens is 1. The molecule has 1 aliphatic rings. The van der Waals surface area contributed by atoms with Crippen molar-refractivity contribution in [1.29, 1.82) is 0 Å². The van der Waals surface area contributed by atoms with Gasteiger partial charge in [-0.3, -0.25) is 0 Å². The number of nitrogens with zero attached hydrogens (tertiary/aromatic N) is 1. The van der Waals surface area contributed by atoms with Gasteiger partial charge in [-0.1, -0.05) is 19.3 Å². The van der Waals surface area contributed by atoms with E-state index < -0.39 is 6.36 Å². The van der Waals surface area contributed by atoms with Crippen molar-refractivity contribution in [2.75, 3.05) is 18.5 Å². The van der Waals surface area contributed by atoms with Crippen LogP contribution in [-0.4, -0.2) is 29.6 Å². The fourth-order valence-electron chi connectivity index (χ4n) is 3.01. The molecule has 7 heteroatoms. The van der Waals surface area contributed by atoms with Crippen LogP contribution in [0.3, 0.4) is 0 Å². The summed E-state index contributed by atoms with van der Waals surface area (Å²) in [7, 11) is 0. The number of rotatable bonds is 6. The molecule has 1 saturated carbocycles. The summed E-state index contributed by atoms with van der Waals surface area (Å²) in [5, 5.41) is 12.4. The topological polar surface area (TPSA) is 54.4 Å². The lowest BCUT2D eigenvalue weighted by molar-refractivity contribution is -0.274. The van der Waals surface area contributed by atoms with Crippen LogP contribution in [0, 0.1) is 5.41 Å². The number of ether oxygens (including phenoxy) is 1. The standard InChI is InChI=1S/C15H21F3N2O2/c16-15(17,18)22-12-4-5-13(19-10-12)20-11-14(8-9-21)6-2-1-3-7-14/h4-5,10,21H,1-3,6-9,11H2,(H,19,20). The molecule has 0 bridgehead atoms. The van der Waals surface area contributed by atoms with Crippen molar-refractivity contribution in [2.24, 2.45) is 5.41 Å². The highest BCUT2D eigenvalue weighted by molar-refractivity contribution is 5.37. The Morgan fingerprint density at radius 3 is 2.50 bits per heavy atom. The Morgan fingerprint density at radius 2 is 1.95 bits per heavy atom. The van der Waals surface area contributed by atoms with Crippen molar-refractivity contribution < 1.29 is 23.0 Å². The molecule has 22 heavy (non-hydrogen) atoms. The van der Waals surface area contributed by atoms with E-state index in [2.05, 4.69) is 15.0 Å². The summed E-state index contributed by atoms with van der Waals surface area (Å²) < 4.78 is 40.0. The van der Waals surface area contributed by atoms with Gasteiger partial charge in [0.2, 0.25) is 0 Å². The van der Waals surface area contributed by atoms with Crippen molar-refractivity contribution in [3.05, 3.63) is 18.3 Å². The Hall–Kier alpha value is -1.50. The minimum absolute atomic E-state index is 0.0514. The van der Waals surface area contributed by atoms with Crippen LogP contribution in [0.5, 0.6) is 5.75 Å². The lowest BCUT2D eigenvalue weighted by Gasteiger charge is -2.37. The number of hydrogen-bond donors (Lipinski definition) is 2. The number of aliphatic hydroxyl groups excluding tert-OH is 1. The van der Waals surface area contributed by atoms with Crippen molar-refractivity contribution in [3.63, 3.8) is 0 Å². The molecule has 2 rings (SSSR count). The lowest BCUT2D eigenvalue weighted by atomic mass is 9.72. The van der Waals surface area contributed by atoms with Gasteiger partial charge in [0.1, 0.15) is 11.6 Å². The zero-order chi connectivity index (χ0) is 16.1. The molecule has 1 aromatic rings. The Labute approximate surface area is 127 Å². The normalized spacial score (nSPS) is 18.0. The predicted octanol–water partition coefficient (Wildman–Crippen LogP) is 3.73. The van der Waals surface area contributed by atoms with Crippen molar-refractivity contribution in [3.8, 4) is 5.75 Å². The van der Waals surface area contributed by atoms with E-state index >= 15 is 0 Å². The summed E-state index contributed by atoms with van der Waals surface area (Å²) in [6, 6.07) is 2.71. The third-order valence-electron chi connectivity index (χ3n) is 4.17. The summed E-state index contributed by atoms with van der Waals surface area (Å²) in [6.45, 7) is 0.813. The molecule has 0 unspecified atom stereocenters. The van der Waals surface area contributed by atoms with Crippen molar-refractivity contribution in [2.45, 2.75) is 44.9 Å². The second-order valence-electron chi connectivity index (χ2n) is 5.81. The monoisotopic (exact) mass is 318 g/mol. The molecule has 124 valence electrons. The van der Waals surface area contributed by atoms with E-state index in [1.54, 1.807) is 0 Å². The van der Waals surface area contributed by atoms with Crippen LogP contribution in [-0.2, 0) is 0 Å². The fourth-order valence-corrected chi connectivity index (χ4v) is 3.01. The molecule has 0 saturated heterocycles. The smallest absolute Gasteiger partial charge is 0.404 e. The summed E-state index contributed by atoms with van der Waals surface area (Å²) in [6.07, 6.45) is 2.69. The molecule has 0 amide bonds. The van der Waals surface area contributed by atoms with Crippen LogP contribution < -0.4 is 10.1 Å². The van der Waals surface area contributed by atoms with E-state index in [0.717, 1.165) is 38.3 Å². The summed E-state index contributed by atoms with van der Waals surface area (Å²) >= 11 is 0. The average molecular weight is 318 g/mol. The molecule has 1 aliphatic carbocycles. The van der Waals surface area contributed by atoms with Crippen LogP contribution in [0.15, 0.2) is 18.3 Å². The summed E-state index contributed by atoms with van der Waals surface area (Å²) in [4.78, 5) is 3.94. The Balaban J connectivity index is 1.92. The highest BCUT2D eigenvalue weighted by Gasteiger charge is 2.32. The van der Waals surface area contributed by atoms with Gasteiger partial charge in [-0.15, -0.1) is 13.2 Å². The number of hydrogen-bond acceptors (Lipinski definition) is 4. The van der Waals surface area contributed by atoms with Crippen molar-refractivity contribution >= 4 is 5.82 Å². The van der Waals surface area contributed by atoms with E-state index in [1.165, 1.54) is 18.6 Å². The van der Waals surface area contributed by atoms with Crippen molar-refractivity contribution in [1.82, 2.24) is 4.98 Å². The first kappa shape index (κ1) is 16.9.